The zero-order chi connectivity index (χ0) is 13.6. The lowest BCUT2D eigenvalue weighted by Crippen LogP contribution is -2.25. The molecule has 102 valence electrons. The first-order chi connectivity index (χ1) is 8.47. The summed E-state index contributed by atoms with van der Waals surface area (Å²) in [4.78, 5) is 0.117. The second kappa shape index (κ2) is 7.09. The lowest BCUT2D eigenvalue weighted by molar-refractivity contribution is 0.146. The van der Waals surface area contributed by atoms with E-state index < -0.39 is 10.0 Å². The van der Waals surface area contributed by atoms with E-state index in [1.54, 1.807) is 12.1 Å². The van der Waals surface area contributed by atoms with Crippen LogP contribution in [-0.2, 0) is 14.8 Å². The minimum atomic E-state index is -3.53. The van der Waals surface area contributed by atoms with Crippen LogP contribution in [0, 0.1) is 6.92 Å². The Kier molecular flexibility index (Phi) is 6.08. The fraction of sp³-hybridized carbons (Fsp3) is 0.500. The summed E-state index contributed by atoms with van der Waals surface area (Å²) in [5.41, 5.74) is 0.926. The molecule has 0 atom stereocenters. The van der Waals surface area contributed by atoms with E-state index in [1.165, 1.54) is 6.07 Å². The number of nitrogens with one attached hydrogen (secondary N) is 1. The van der Waals surface area contributed by atoms with Gasteiger partial charge in [-0.15, -0.1) is 0 Å². The Hall–Kier alpha value is -0.620. The van der Waals surface area contributed by atoms with Gasteiger partial charge in [0.1, 0.15) is 4.90 Å². The fourth-order valence-electron chi connectivity index (χ4n) is 1.43. The Balaban J connectivity index is 2.63. The van der Waals surface area contributed by atoms with Gasteiger partial charge in [0.15, 0.2) is 0 Å². The van der Waals surface area contributed by atoms with E-state index in [4.69, 9.17) is 16.3 Å². The molecule has 0 amide bonds. The van der Waals surface area contributed by atoms with Crippen molar-refractivity contribution in [2.24, 2.45) is 0 Å². The molecule has 18 heavy (non-hydrogen) atoms. The van der Waals surface area contributed by atoms with E-state index in [1.807, 2.05) is 13.8 Å². The van der Waals surface area contributed by atoms with Crippen LogP contribution in [-0.4, -0.2) is 28.2 Å². The summed E-state index contributed by atoms with van der Waals surface area (Å²) in [5.74, 6) is 0. The van der Waals surface area contributed by atoms with E-state index in [9.17, 15) is 8.42 Å². The second-order valence-corrected chi connectivity index (χ2v) is 6.02. The van der Waals surface area contributed by atoms with Gasteiger partial charge in [0.25, 0.3) is 0 Å². The van der Waals surface area contributed by atoms with Crippen molar-refractivity contribution in [1.82, 2.24) is 4.72 Å². The van der Waals surface area contributed by atoms with Crippen molar-refractivity contribution in [2.75, 3.05) is 19.8 Å². The SMILES string of the molecule is CCOCCCNS(=O)(=O)c1ccc(C)cc1Cl. The van der Waals surface area contributed by atoms with Crippen molar-refractivity contribution in [3.8, 4) is 0 Å². The monoisotopic (exact) mass is 291 g/mol. The normalized spacial score (nSPS) is 11.7. The Morgan fingerprint density at radius 3 is 2.72 bits per heavy atom. The molecule has 1 rings (SSSR count). The molecular weight excluding hydrogens is 274 g/mol. The highest BCUT2D eigenvalue weighted by Crippen LogP contribution is 2.22. The first kappa shape index (κ1) is 15.4. The topological polar surface area (TPSA) is 55.4 Å². The molecule has 6 heteroatoms. The molecular formula is C12H18ClNO3S. The molecule has 0 aliphatic rings. The van der Waals surface area contributed by atoms with Gasteiger partial charge in [-0.25, -0.2) is 13.1 Å². The van der Waals surface area contributed by atoms with Crippen LogP contribution in [0.1, 0.15) is 18.9 Å². The zero-order valence-electron chi connectivity index (χ0n) is 10.6. The quantitative estimate of drug-likeness (QED) is 0.785. The van der Waals surface area contributed by atoms with Crippen molar-refractivity contribution in [3.05, 3.63) is 28.8 Å². The first-order valence-corrected chi connectivity index (χ1v) is 7.67. The predicted molar refractivity (Wildman–Crippen MR) is 72.5 cm³/mol. The van der Waals surface area contributed by atoms with Gasteiger partial charge in [-0.05, 0) is 38.0 Å². The van der Waals surface area contributed by atoms with Gasteiger partial charge in [0, 0.05) is 19.8 Å². The molecule has 0 aromatic heterocycles. The average molecular weight is 292 g/mol. The Bertz CT molecular complexity index is 488. The number of sulfonamides is 1. The summed E-state index contributed by atoms with van der Waals surface area (Å²) in [7, 11) is -3.53. The van der Waals surface area contributed by atoms with Gasteiger partial charge in [0.05, 0.1) is 5.02 Å². The van der Waals surface area contributed by atoms with Crippen LogP contribution in [0.2, 0.25) is 5.02 Å². The minimum Gasteiger partial charge on any atom is -0.382 e. The van der Waals surface area contributed by atoms with Crippen LogP contribution in [0.5, 0.6) is 0 Å². The number of halogens is 1. The Morgan fingerprint density at radius 1 is 1.39 bits per heavy atom. The van der Waals surface area contributed by atoms with Gasteiger partial charge < -0.3 is 4.74 Å². The first-order valence-electron chi connectivity index (χ1n) is 5.81. The number of ether oxygens (including phenoxy) is 1. The summed E-state index contributed by atoms with van der Waals surface area (Å²) < 4.78 is 31.6. The third kappa shape index (κ3) is 4.57. The van der Waals surface area contributed by atoms with Crippen molar-refractivity contribution in [3.63, 3.8) is 0 Å². The van der Waals surface area contributed by atoms with Crippen LogP contribution >= 0.6 is 11.6 Å². The molecule has 0 heterocycles. The highest BCUT2D eigenvalue weighted by Gasteiger charge is 2.16. The summed E-state index contributed by atoms with van der Waals surface area (Å²) in [6, 6.07) is 4.87. The third-order valence-corrected chi connectivity index (χ3v) is 4.28. The molecule has 0 aliphatic carbocycles. The van der Waals surface area contributed by atoms with Crippen molar-refractivity contribution in [2.45, 2.75) is 25.2 Å². The maximum absolute atomic E-state index is 12.0. The average Bonchev–Trinajstić information content (AvgIpc) is 2.28. The highest BCUT2D eigenvalue weighted by molar-refractivity contribution is 7.89. The third-order valence-electron chi connectivity index (χ3n) is 2.34. The highest BCUT2D eigenvalue weighted by atomic mass is 35.5. The number of hydrogen-bond acceptors (Lipinski definition) is 3. The van der Waals surface area contributed by atoms with E-state index in [2.05, 4.69) is 4.72 Å². The molecule has 0 spiro atoms. The number of benzene rings is 1. The zero-order valence-corrected chi connectivity index (χ0v) is 12.1. The van der Waals surface area contributed by atoms with Crippen molar-refractivity contribution < 1.29 is 13.2 Å². The predicted octanol–water partition coefficient (Wildman–Crippen LogP) is 2.35. The summed E-state index contributed by atoms with van der Waals surface area (Å²) >= 11 is 5.93. The van der Waals surface area contributed by atoms with Gasteiger partial charge in [-0.1, -0.05) is 17.7 Å². The minimum absolute atomic E-state index is 0.117. The van der Waals surface area contributed by atoms with Crippen molar-refractivity contribution in [1.29, 1.82) is 0 Å². The lowest BCUT2D eigenvalue weighted by atomic mass is 10.2. The largest absolute Gasteiger partial charge is 0.382 e. The summed E-state index contributed by atoms with van der Waals surface area (Å²) in [6.07, 6.45) is 0.635. The molecule has 0 saturated carbocycles. The maximum atomic E-state index is 12.0. The molecule has 1 aromatic rings. The van der Waals surface area contributed by atoms with E-state index in [-0.39, 0.29) is 9.92 Å². The molecule has 0 aliphatic heterocycles. The Morgan fingerprint density at radius 2 is 2.11 bits per heavy atom. The standard InChI is InChI=1S/C12H18ClNO3S/c1-3-17-8-4-7-14-18(15,16)12-6-5-10(2)9-11(12)13/h5-6,9,14H,3-4,7-8H2,1-2H3. The van der Waals surface area contributed by atoms with Crippen LogP contribution in [0.25, 0.3) is 0 Å². The molecule has 4 nitrogen and oxygen atoms in total. The fourth-order valence-corrected chi connectivity index (χ4v) is 3.10. The second-order valence-electron chi connectivity index (χ2n) is 3.88. The molecule has 1 aromatic carbocycles. The van der Waals surface area contributed by atoms with Crippen molar-refractivity contribution >= 4 is 21.6 Å². The van der Waals surface area contributed by atoms with Crippen LogP contribution in [0.3, 0.4) is 0 Å². The maximum Gasteiger partial charge on any atom is 0.242 e. The van der Waals surface area contributed by atoms with Crippen LogP contribution < -0.4 is 4.72 Å². The Labute approximate surface area is 113 Å². The number of aryl methyl sites for hydroxylation is 1. The van der Waals surface area contributed by atoms with E-state index in [0.29, 0.717) is 26.2 Å². The molecule has 0 fully saturated rings. The van der Waals surface area contributed by atoms with Crippen LogP contribution in [0.15, 0.2) is 23.1 Å². The van der Waals surface area contributed by atoms with E-state index >= 15 is 0 Å². The van der Waals surface area contributed by atoms with Gasteiger partial charge >= 0.3 is 0 Å². The van der Waals surface area contributed by atoms with E-state index in [0.717, 1.165) is 5.56 Å². The molecule has 1 N–H and O–H groups in total. The smallest absolute Gasteiger partial charge is 0.242 e. The summed E-state index contributed by atoms with van der Waals surface area (Å²) in [5, 5.41) is 0.243. The lowest BCUT2D eigenvalue weighted by Gasteiger charge is -2.08. The molecule has 0 saturated heterocycles. The van der Waals surface area contributed by atoms with Crippen LogP contribution in [0.4, 0.5) is 0 Å². The molecule has 0 radical (unpaired) electrons. The summed E-state index contributed by atoms with van der Waals surface area (Å²) in [6.45, 7) is 5.28. The van der Waals surface area contributed by atoms with Gasteiger partial charge in [-0.2, -0.15) is 0 Å². The molecule has 0 unspecified atom stereocenters. The molecule has 0 bridgehead atoms. The van der Waals surface area contributed by atoms with Gasteiger partial charge in [0.2, 0.25) is 10.0 Å². The number of hydrogen-bond donors (Lipinski definition) is 1. The number of rotatable bonds is 7. The van der Waals surface area contributed by atoms with Gasteiger partial charge in [-0.3, -0.25) is 0 Å².